The molecule has 3 amide bonds. The second-order valence-electron chi connectivity index (χ2n) is 7.76. The van der Waals surface area contributed by atoms with Gasteiger partial charge in [0.25, 0.3) is 11.8 Å². The van der Waals surface area contributed by atoms with Crippen LogP contribution in [-0.4, -0.2) is 72.6 Å². The molecule has 0 bridgehead atoms. The van der Waals surface area contributed by atoms with Gasteiger partial charge in [0.15, 0.2) is 5.13 Å². The quantitative estimate of drug-likeness (QED) is 0.471. The number of alkyl halides is 3. The standard InChI is InChI=1S/C22H19F3N4O4S/c1-27(2)9-10-28(18(30)12-29-19(31)14-5-3-4-6-15(14)20(29)32)21-26-16-8-7-13(11-17(16)34-21)33-22(23,24)25/h3-8,11H,9-10,12H2,1-2H3. The Labute approximate surface area is 196 Å². The van der Waals surface area contributed by atoms with Gasteiger partial charge in [-0.3, -0.25) is 24.2 Å². The van der Waals surface area contributed by atoms with E-state index in [9.17, 15) is 27.6 Å². The van der Waals surface area contributed by atoms with Crippen LogP contribution in [0.5, 0.6) is 5.75 Å². The molecule has 1 aliphatic rings. The maximum absolute atomic E-state index is 13.2. The van der Waals surface area contributed by atoms with Gasteiger partial charge in [-0.2, -0.15) is 0 Å². The van der Waals surface area contributed by atoms with E-state index in [4.69, 9.17) is 0 Å². The number of halogens is 3. The van der Waals surface area contributed by atoms with Crippen LogP contribution in [0.15, 0.2) is 42.5 Å². The van der Waals surface area contributed by atoms with Gasteiger partial charge in [-0.15, -0.1) is 13.2 Å². The van der Waals surface area contributed by atoms with Gasteiger partial charge in [-0.1, -0.05) is 23.5 Å². The van der Waals surface area contributed by atoms with Crippen LogP contribution in [0.1, 0.15) is 20.7 Å². The lowest BCUT2D eigenvalue weighted by atomic mass is 10.1. The number of rotatable bonds is 7. The van der Waals surface area contributed by atoms with Crippen LogP contribution in [0.2, 0.25) is 0 Å². The van der Waals surface area contributed by atoms with Crippen molar-refractivity contribution in [3.05, 3.63) is 53.6 Å². The molecule has 8 nitrogen and oxygen atoms in total. The number of amides is 3. The number of hydrogen-bond donors (Lipinski definition) is 0. The number of fused-ring (bicyclic) bond motifs is 2. The molecule has 34 heavy (non-hydrogen) atoms. The average molecular weight is 492 g/mol. The number of hydrogen-bond acceptors (Lipinski definition) is 7. The monoisotopic (exact) mass is 492 g/mol. The van der Waals surface area contributed by atoms with Crippen LogP contribution in [0.25, 0.3) is 10.2 Å². The highest BCUT2D eigenvalue weighted by atomic mass is 32.1. The van der Waals surface area contributed by atoms with E-state index < -0.39 is 36.4 Å². The molecule has 4 rings (SSSR count). The number of ether oxygens (including phenoxy) is 1. The van der Waals surface area contributed by atoms with Crippen molar-refractivity contribution in [1.29, 1.82) is 0 Å². The zero-order valence-electron chi connectivity index (χ0n) is 18.1. The maximum Gasteiger partial charge on any atom is 0.573 e. The molecule has 0 N–H and O–H groups in total. The number of anilines is 1. The SMILES string of the molecule is CN(C)CCN(C(=O)CN1C(=O)c2ccccc2C1=O)c1nc2ccc(OC(F)(F)F)cc2s1. The van der Waals surface area contributed by atoms with Crippen LogP contribution >= 0.6 is 11.3 Å². The number of nitrogens with zero attached hydrogens (tertiary/aromatic N) is 4. The third kappa shape index (κ3) is 4.87. The van der Waals surface area contributed by atoms with Crippen molar-refractivity contribution in [2.24, 2.45) is 0 Å². The molecule has 12 heteroatoms. The minimum atomic E-state index is -4.83. The molecule has 178 valence electrons. The molecule has 1 aliphatic heterocycles. The Morgan fingerprint density at radius 1 is 1.06 bits per heavy atom. The molecule has 0 saturated heterocycles. The van der Waals surface area contributed by atoms with Gasteiger partial charge in [0, 0.05) is 19.2 Å². The van der Waals surface area contributed by atoms with Crippen molar-refractivity contribution in [3.63, 3.8) is 0 Å². The number of thiazole rings is 1. The number of imide groups is 1. The second-order valence-corrected chi connectivity index (χ2v) is 8.77. The van der Waals surface area contributed by atoms with E-state index in [1.165, 1.54) is 29.2 Å². The Kier molecular flexibility index (Phi) is 6.28. The number of carbonyl (C=O) groups is 3. The number of benzene rings is 2. The molecule has 0 radical (unpaired) electrons. The van der Waals surface area contributed by atoms with Gasteiger partial charge < -0.3 is 9.64 Å². The lowest BCUT2D eigenvalue weighted by Crippen LogP contribution is -2.45. The molecular weight excluding hydrogens is 473 g/mol. The van der Waals surface area contributed by atoms with Gasteiger partial charge >= 0.3 is 6.36 Å². The molecule has 0 saturated carbocycles. The summed E-state index contributed by atoms with van der Waals surface area (Å²) >= 11 is 1.01. The van der Waals surface area contributed by atoms with Crippen LogP contribution in [0.3, 0.4) is 0 Å². The summed E-state index contributed by atoms with van der Waals surface area (Å²) in [6, 6.07) is 10.0. The van der Waals surface area contributed by atoms with E-state index in [1.54, 1.807) is 12.1 Å². The van der Waals surface area contributed by atoms with Gasteiger partial charge in [-0.25, -0.2) is 4.98 Å². The zero-order valence-corrected chi connectivity index (χ0v) is 18.9. The Bertz CT molecular complexity index is 1240. The molecule has 0 unspecified atom stereocenters. The lowest BCUT2D eigenvalue weighted by molar-refractivity contribution is -0.274. The smallest absolute Gasteiger partial charge is 0.406 e. The predicted molar refractivity (Wildman–Crippen MR) is 119 cm³/mol. The summed E-state index contributed by atoms with van der Waals surface area (Å²) < 4.78 is 42.0. The second kappa shape index (κ2) is 9.03. The molecule has 0 fully saturated rings. The summed E-state index contributed by atoms with van der Waals surface area (Å²) in [6.07, 6.45) is -4.83. The van der Waals surface area contributed by atoms with Crippen molar-refractivity contribution in [2.45, 2.75) is 6.36 Å². The van der Waals surface area contributed by atoms with E-state index in [2.05, 4.69) is 9.72 Å². The third-order valence-corrected chi connectivity index (χ3v) is 6.10. The van der Waals surface area contributed by atoms with Gasteiger partial charge in [0.2, 0.25) is 5.91 Å². The summed E-state index contributed by atoms with van der Waals surface area (Å²) in [5, 5.41) is 0.239. The number of carbonyl (C=O) groups excluding carboxylic acids is 3. The molecular formula is C22H19F3N4O4S. The first-order chi connectivity index (χ1) is 16.0. The minimum absolute atomic E-state index is 0.195. The summed E-state index contributed by atoms with van der Waals surface area (Å²) in [6.45, 7) is 0.158. The fraction of sp³-hybridized carbons (Fsp3) is 0.273. The lowest BCUT2D eigenvalue weighted by Gasteiger charge is -2.24. The summed E-state index contributed by atoms with van der Waals surface area (Å²) in [5.41, 5.74) is 0.854. The van der Waals surface area contributed by atoms with Crippen molar-refractivity contribution in [1.82, 2.24) is 14.8 Å². The summed E-state index contributed by atoms with van der Waals surface area (Å²) in [5.74, 6) is -2.05. The van der Waals surface area contributed by atoms with Crippen LogP contribution < -0.4 is 9.64 Å². The van der Waals surface area contributed by atoms with Crippen LogP contribution in [-0.2, 0) is 4.79 Å². The zero-order chi connectivity index (χ0) is 24.6. The molecule has 1 aromatic heterocycles. The average Bonchev–Trinajstić information content (AvgIpc) is 3.27. The Morgan fingerprint density at radius 3 is 2.29 bits per heavy atom. The van der Waals surface area contributed by atoms with Crippen molar-refractivity contribution in [3.8, 4) is 5.75 Å². The highest BCUT2D eigenvalue weighted by Gasteiger charge is 2.37. The molecule has 0 aliphatic carbocycles. The van der Waals surface area contributed by atoms with E-state index in [0.717, 1.165) is 22.3 Å². The Morgan fingerprint density at radius 2 is 1.71 bits per heavy atom. The van der Waals surface area contributed by atoms with Gasteiger partial charge in [-0.05, 0) is 38.4 Å². The normalized spacial score (nSPS) is 13.6. The first kappa shape index (κ1) is 23.6. The van der Waals surface area contributed by atoms with Crippen molar-refractivity contribution >= 4 is 44.4 Å². The summed E-state index contributed by atoms with van der Waals surface area (Å²) in [4.78, 5) is 47.0. The Balaban J connectivity index is 1.60. The first-order valence-electron chi connectivity index (χ1n) is 10.1. The maximum atomic E-state index is 13.2. The molecule has 0 atom stereocenters. The fourth-order valence-electron chi connectivity index (χ4n) is 3.44. The molecule has 3 aromatic rings. The Hall–Kier alpha value is -3.51. The first-order valence-corrected chi connectivity index (χ1v) is 10.9. The highest BCUT2D eigenvalue weighted by molar-refractivity contribution is 7.22. The number of aromatic nitrogens is 1. The fourth-order valence-corrected chi connectivity index (χ4v) is 4.47. The van der Waals surface area contributed by atoms with E-state index >= 15 is 0 Å². The highest BCUT2D eigenvalue weighted by Crippen LogP contribution is 2.33. The largest absolute Gasteiger partial charge is 0.573 e. The van der Waals surface area contributed by atoms with E-state index in [-0.39, 0.29) is 22.8 Å². The van der Waals surface area contributed by atoms with Crippen molar-refractivity contribution < 1.29 is 32.3 Å². The van der Waals surface area contributed by atoms with E-state index in [1.807, 2.05) is 19.0 Å². The predicted octanol–water partition coefficient (Wildman–Crippen LogP) is 3.39. The minimum Gasteiger partial charge on any atom is -0.406 e. The van der Waals surface area contributed by atoms with E-state index in [0.29, 0.717) is 16.8 Å². The topological polar surface area (TPSA) is 83.0 Å². The van der Waals surface area contributed by atoms with Crippen LogP contribution in [0, 0.1) is 0 Å². The van der Waals surface area contributed by atoms with Gasteiger partial charge in [0.05, 0.1) is 21.3 Å². The van der Waals surface area contributed by atoms with Gasteiger partial charge in [0.1, 0.15) is 12.3 Å². The summed E-state index contributed by atoms with van der Waals surface area (Å²) in [7, 11) is 3.62. The molecule has 0 spiro atoms. The van der Waals surface area contributed by atoms with Crippen molar-refractivity contribution in [2.75, 3.05) is 38.6 Å². The third-order valence-electron chi connectivity index (χ3n) is 5.06. The molecule has 2 heterocycles. The molecule has 2 aromatic carbocycles. The van der Waals surface area contributed by atoms with Crippen LogP contribution in [0.4, 0.5) is 18.3 Å². The number of likely N-dealkylation sites (N-methyl/N-ethyl adjacent to an activating group) is 1.